The van der Waals surface area contributed by atoms with Gasteiger partial charge in [-0.1, -0.05) is 0 Å². The summed E-state index contributed by atoms with van der Waals surface area (Å²) >= 11 is 1.51. The summed E-state index contributed by atoms with van der Waals surface area (Å²) in [5.41, 5.74) is 0.154. The molecule has 9 heteroatoms. The number of morpholine rings is 1. The maximum Gasteiger partial charge on any atom is 0.332 e. The number of thiophene rings is 1. The molecule has 0 unspecified atom stereocenters. The van der Waals surface area contributed by atoms with E-state index in [4.69, 9.17) is 9.47 Å². The molecule has 2 aliphatic rings. The molecule has 0 atom stereocenters. The molecule has 0 aromatic carbocycles. The predicted octanol–water partition coefficient (Wildman–Crippen LogP) is 0.791. The third kappa shape index (κ3) is 4.06. The molecule has 0 bridgehead atoms. The predicted molar refractivity (Wildman–Crippen MR) is 112 cm³/mol. The minimum absolute atomic E-state index is 0.0552. The van der Waals surface area contributed by atoms with Crippen molar-refractivity contribution in [2.45, 2.75) is 52.0 Å². The van der Waals surface area contributed by atoms with E-state index in [0.717, 1.165) is 34.9 Å². The summed E-state index contributed by atoms with van der Waals surface area (Å²) < 4.78 is 14.4. The van der Waals surface area contributed by atoms with Crippen molar-refractivity contribution < 1.29 is 14.6 Å². The Morgan fingerprint density at radius 2 is 1.86 bits per heavy atom. The largest absolute Gasteiger partial charge is 0.396 e. The molecule has 8 nitrogen and oxygen atoms in total. The van der Waals surface area contributed by atoms with Gasteiger partial charge in [-0.3, -0.25) is 18.8 Å². The summed E-state index contributed by atoms with van der Waals surface area (Å²) in [7, 11) is 0. The number of hydrogen-bond donors (Lipinski definition) is 1. The molecule has 160 valence electrons. The first kappa shape index (κ1) is 20.7. The van der Waals surface area contributed by atoms with E-state index in [0.29, 0.717) is 44.6 Å². The molecule has 1 fully saturated rings. The number of fused-ring (bicyclic) bond motifs is 3. The molecule has 29 heavy (non-hydrogen) atoms. The van der Waals surface area contributed by atoms with Crippen molar-refractivity contribution >= 4 is 21.6 Å². The van der Waals surface area contributed by atoms with E-state index in [1.165, 1.54) is 15.9 Å². The molecule has 4 rings (SSSR count). The monoisotopic (exact) mass is 423 g/mol. The highest BCUT2D eigenvalue weighted by atomic mass is 32.1. The zero-order valence-electron chi connectivity index (χ0n) is 17.1. The van der Waals surface area contributed by atoms with Gasteiger partial charge in [-0.2, -0.15) is 0 Å². The molecule has 2 aliphatic heterocycles. The molecule has 0 saturated carbocycles. The van der Waals surface area contributed by atoms with E-state index < -0.39 is 0 Å². The summed E-state index contributed by atoms with van der Waals surface area (Å²) in [5.74, 6) is 0. The van der Waals surface area contributed by atoms with Crippen LogP contribution in [0.4, 0.5) is 0 Å². The lowest BCUT2D eigenvalue weighted by molar-refractivity contribution is -0.0379. The van der Waals surface area contributed by atoms with Gasteiger partial charge in [0.25, 0.3) is 5.56 Å². The van der Waals surface area contributed by atoms with Crippen LogP contribution in [-0.4, -0.2) is 64.2 Å². The van der Waals surface area contributed by atoms with E-state index in [9.17, 15) is 14.7 Å². The second-order valence-corrected chi connectivity index (χ2v) is 9.41. The van der Waals surface area contributed by atoms with Gasteiger partial charge in [0.1, 0.15) is 4.83 Å². The van der Waals surface area contributed by atoms with Gasteiger partial charge in [-0.05, 0) is 25.8 Å². The van der Waals surface area contributed by atoms with Crippen LogP contribution in [0.5, 0.6) is 0 Å². The zero-order chi connectivity index (χ0) is 20.6. The van der Waals surface area contributed by atoms with Gasteiger partial charge in [0.2, 0.25) is 0 Å². The van der Waals surface area contributed by atoms with Crippen LogP contribution in [-0.2, 0) is 35.6 Å². The highest BCUT2D eigenvalue weighted by molar-refractivity contribution is 7.18. The highest BCUT2D eigenvalue weighted by Gasteiger charge is 2.32. The van der Waals surface area contributed by atoms with Gasteiger partial charge in [0.15, 0.2) is 0 Å². The minimum Gasteiger partial charge on any atom is -0.396 e. The standard InChI is InChI=1S/C20H29N3O5S/c1-20(2)12-14-15(13-28-20)29-18-16(14)17(25)22(4-3-9-24)19(26)23(18)6-5-21-7-10-27-11-8-21/h24H,3-13H2,1-2H3. The molecule has 4 heterocycles. The molecule has 2 aromatic rings. The molecule has 1 saturated heterocycles. The Balaban J connectivity index is 1.81. The summed E-state index contributed by atoms with van der Waals surface area (Å²) in [5, 5.41) is 9.88. The van der Waals surface area contributed by atoms with Crippen LogP contribution in [0.25, 0.3) is 10.2 Å². The molecule has 0 spiro atoms. The molecule has 2 aromatic heterocycles. The number of aliphatic hydroxyl groups excluding tert-OH is 1. The summed E-state index contributed by atoms with van der Waals surface area (Å²) in [6.45, 7) is 9.08. The molecule has 0 aliphatic carbocycles. The fourth-order valence-electron chi connectivity index (χ4n) is 4.09. The number of rotatable bonds is 6. The quantitative estimate of drug-likeness (QED) is 0.740. The first-order chi connectivity index (χ1) is 13.9. The van der Waals surface area contributed by atoms with E-state index in [2.05, 4.69) is 4.90 Å². The van der Waals surface area contributed by atoms with Crippen molar-refractivity contribution in [3.8, 4) is 0 Å². The second kappa shape index (κ2) is 8.31. The van der Waals surface area contributed by atoms with Crippen molar-refractivity contribution in [1.29, 1.82) is 0 Å². The fraction of sp³-hybridized carbons (Fsp3) is 0.700. The van der Waals surface area contributed by atoms with Crippen LogP contribution >= 0.6 is 11.3 Å². The lowest BCUT2D eigenvalue weighted by atomic mass is 9.94. The van der Waals surface area contributed by atoms with Gasteiger partial charge in [0, 0.05) is 50.6 Å². The molecule has 0 amide bonds. The van der Waals surface area contributed by atoms with Crippen molar-refractivity contribution in [3.05, 3.63) is 31.3 Å². The summed E-state index contributed by atoms with van der Waals surface area (Å²) in [6.07, 6.45) is 1.03. The number of nitrogens with zero attached hydrogens (tertiary/aromatic N) is 3. The lowest BCUT2D eigenvalue weighted by Gasteiger charge is -2.30. The maximum absolute atomic E-state index is 13.3. The maximum atomic E-state index is 13.3. The number of aromatic nitrogens is 2. The van der Waals surface area contributed by atoms with Crippen LogP contribution in [0.3, 0.4) is 0 Å². The smallest absolute Gasteiger partial charge is 0.332 e. The zero-order valence-corrected chi connectivity index (χ0v) is 17.9. The Kier molecular flexibility index (Phi) is 5.94. The van der Waals surface area contributed by atoms with Crippen molar-refractivity contribution in [3.63, 3.8) is 0 Å². The van der Waals surface area contributed by atoms with Gasteiger partial charge in [0.05, 0.1) is 30.8 Å². The van der Waals surface area contributed by atoms with Crippen molar-refractivity contribution in [2.75, 3.05) is 39.5 Å². The topological polar surface area (TPSA) is 85.9 Å². The minimum atomic E-state index is -0.335. The first-order valence-corrected chi connectivity index (χ1v) is 11.1. The average molecular weight is 424 g/mol. The fourth-order valence-corrected chi connectivity index (χ4v) is 5.33. The first-order valence-electron chi connectivity index (χ1n) is 10.2. The van der Waals surface area contributed by atoms with Gasteiger partial charge < -0.3 is 14.6 Å². The van der Waals surface area contributed by atoms with E-state index in [1.807, 2.05) is 13.8 Å². The van der Waals surface area contributed by atoms with Crippen molar-refractivity contribution in [1.82, 2.24) is 14.0 Å². The highest BCUT2D eigenvalue weighted by Crippen LogP contribution is 2.37. The molecule has 0 radical (unpaired) electrons. The average Bonchev–Trinajstić information content (AvgIpc) is 3.06. The Hall–Kier alpha value is -1.52. The SMILES string of the molecule is CC1(C)Cc2c(sc3c2c(=O)n(CCCO)c(=O)n3CCN2CCOCC2)CO1. The Morgan fingerprint density at radius 1 is 1.10 bits per heavy atom. The van der Waals surface area contributed by atoms with Crippen LogP contribution in [0, 0.1) is 0 Å². The van der Waals surface area contributed by atoms with Crippen LogP contribution in [0.2, 0.25) is 0 Å². The van der Waals surface area contributed by atoms with Crippen LogP contribution in [0.15, 0.2) is 9.59 Å². The van der Waals surface area contributed by atoms with E-state index in [1.54, 1.807) is 4.57 Å². The summed E-state index contributed by atoms with van der Waals surface area (Å²) in [6, 6.07) is 0. The summed E-state index contributed by atoms with van der Waals surface area (Å²) in [4.78, 5) is 30.5. The molecular formula is C20H29N3O5S. The molecule has 1 N–H and O–H groups in total. The van der Waals surface area contributed by atoms with Gasteiger partial charge in [-0.25, -0.2) is 4.79 Å². The Morgan fingerprint density at radius 3 is 2.59 bits per heavy atom. The normalized spacial score (nSPS) is 19.6. The Bertz CT molecular complexity index is 1000. The second-order valence-electron chi connectivity index (χ2n) is 8.33. The van der Waals surface area contributed by atoms with Crippen molar-refractivity contribution in [2.24, 2.45) is 0 Å². The Labute approximate surface area is 173 Å². The van der Waals surface area contributed by atoms with E-state index in [-0.39, 0.29) is 30.0 Å². The molecular weight excluding hydrogens is 394 g/mol. The van der Waals surface area contributed by atoms with Crippen LogP contribution < -0.4 is 11.2 Å². The number of hydrogen-bond acceptors (Lipinski definition) is 7. The number of aliphatic hydroxyl groups is 1. The third-order valence-corrected chi connectivity index (χ3v) is 6.95. The third-order valence-electron chi connectivity index (χ3n) is 5.72. The van der Waals surface area contributed by atoms with Gasteiger partial charge in [-0.15, -0.1) is 11.3 Å². The van der Waals surface area contributed by atoms with Gasteiger partial charge >= 0.3 is 5.69 Å². The lowest BCUT2D eigenvalue weighted by Crippen LogP contribution is -2.43. The van der Waals surface area contributed by atoms with Crippen LogP contribution in [0.1, 0.15) is 30.7 Å². The van der Waals surface area contributed by atoms with E-state index >= 15 is 0 Å². The number of ether oxygens (including phenoxy) is 2.